The molecule has 0 aliphatic carbocycles. The molecule has 0 saturated heterocycles. The second-order valence-corrected chi connectivity index (χ2v) is 10.6. The third-order valence-electron chi connectivity index (χ3n) is 5.99. The Morgan fingerprint density at radius 2 is 1.68 bits per heavy atom. The van der Waals surface area contributed by atoms with E-state index in [4.69, 9.17) is 24.9 Å². The third kappa shape index (κ3) is 6.39. The fourth-order valence-electron chi connectivity index (χ4n) is 4.08. The highest BCUT2D eigenvalue weighted by atomic mass is 32.1. The molecular weight excluding hydrogens is 565 g/mol. The summed E-state index contributed by atoms with van der Waals surface area (Å²) >= 11 is 2.82. The van der Waals surface area contributed by atoms with Crippen molar-refractivity contribution < 1.29 is 23.4 Å². The van der Waals surface area contributed by atoms with Crippen molar-refractivity contribution >= 4 is 50.9 Å². The van der Waals surface area contributed by atoms with Crippen molar-refractivity contribution in [1.82, 2.24) is 9.97 Å². The molecule has 0 fully saturated rings. The van der Waals surface area contributed by atoms with Gasteiger partial charge in [0.1, 0.15) is 21.5 Å². The maximum atomic E-state index is 13.1. The molecule has 1 amide bonds. The number of hydrogen-bond donors (Lipinski definition) is 3. The summed E-state index contributed by atoms with van der Waals surface area (Å²) < 4.78 is 29.4. The summed E-state index contributed by atoms with van der Waals surface area (Å²) in [5.41, 5.74) is 9.91. The van der Waals surface area contributed by atoms with Crippen LogP contribution in [0.1, 0.15) is 5.56 Å². The highest BCUT2D eigenvalue weighted by molar-refractivity contribution is 7.23. The Morgan fingerprint density at radius 3 is 2.37 bits per heavy atom. The maximum Gasteiger partial charge on any atom is 0.228 e. The van der Waals surface area contributed by atoms with Gasteiger partial charge < -0.3 is 30.6 Å². The van der Waals surface area contributed by atoms with Gasteiger partial charge in [0.05, 0.1) is 33.4 Å². The van der Waals surface area contributed by atoms with E-state index in [1.807, 2.05) is 29.6 Å². The molecule has 2 aromatic heterocycles. The van der Waals surface area contributed by atoms with E-state index in [0.717, 1.165) is 26.7 Å². The molecule has 9 nitrogen and oxygen atoms in total. The van der Waals surface area contributed by atoms with Gasteiger partial charge >= 0.3 is 0 Å². The number of rotatable bonds is 10. The van der Waals surface area contributed by atoms with Crippen LogP contribution >= 0.6 is 22.7 Å². The van der Waals surface area contributed by atoms with Gasteiger partial charge in [-0.25, -0.2) is 14.4 Å². The van der Waals surface area contributed by atoms with Crippen LogP contribution in [0.2, 0.25) is 0 Å². The van der Waals surface area contributed by atoms with Gasteiger partial charge in [0.25, 0.3) is 0 Å². The number of nitrogen functional groups attached to an aromatic ring is 1. The van der Waals surface area contributed by atoms with Crippen LogP contribution in [-0.2, 0) is 11.2 Å². The first-order valence-corrected chi connectivity index (χ1v) is 14.0. The summed E-state index contributed by atoms with van der Waals surface area (Å²) in [4.78, 5) is 22.5. The molecule has 0 unspecified atom stereocenters. The first-order valence-electron chi connectivity index (χ1n) is 12.3. The lowest BCUT2D eigenvalue weighted by molar-refractivity contribution is -0.115. The number of carbonyl (C=O) groups is 1. The van der Waals surface area contributed by atoms with Crippen LogP contribution in [0.5, 0.6) is 17.2 Å². The smallest absolute Gasteiger partial charge is 0.228 e. The van der Waals surface area contributed by atoms with Crippen molar-refractivity contribution in [2.75, 3.05) is 37.7 Å². The van der Waals surface area contributed by atoms with Crippen molar-refractivity contribution in [3.63, 3.8) is 0 Å². The molecule has 12 heteroatoms. The van der Waals surface area contributed by atoms with Crippen LogP contribution in [0.4, 0.5) is 26.7 Å². The summed E-state index contributed by atoms with van der Waals surface area (Å²) in [5.74, 6) is 1.34. The van der Waals surface area contributed by atoms with Crippen LogP contribution in [-0.4, -0.2) is 37.2 Å². The molecule has 0 aliphatic heterocycles. The predicted octanol–water partition coefficient (Wildman–Crippen LogP) is 6.61. The average Bonchev–Trinajstić information content (AvgIpc) is 3.60. The second kappa shape index (κ2) is 12.2. The van der Waals surface area contributed by atoms with Gasteiger partial charge in [0, 0.05) is 34.5 Å². The number of amides is 1. The predicted molar refractivity (Wildman–Crippen MR) is 161 cm³/mol. The summed E-state index contributed by atoms with van der Waals surface area (Å²) in [6, 6.07) is 16.9. The molecule has 41 heavy (non-hydrogen) atoms. The van der Waals surface area contributed by atoms with E-state index in [2.05, 4.69) is 15.6 Å². The van der Waals surface area contributed by atoms with Crippen LogP contribution in [0.15, 0.2) is 66.0 Å². The fourth-order valence-corrected chi connectivity index (χ4v) is 5.91. The summed E-state index contributed by atoms with van der Waals surface area (Å²) in [6.45, 7) is 0. The van der Waals surface area contributed by atoms with Gasteiger partial charge in [-0.3, -0.25) is 4.79 Å². The Labute approximate surface area is 243 Å². The van der Waals surface area contributed by atoms with E-state index in [-0.39, 0.29) is 18.1 Å². The summed E-state index contributed by atoms with van der Waals surface area (Å²) in [7, 11) is 4.66. The zero-order chi connectivity index (χ0) is 28.9. The van der Waals surface area contributed by atoms with E-state index in [1.165, 1.54) is 34.8 Å². The quantitative estimate of drug-likeness (QED) is 0.166. The molecule has 0 bridgehead atoms. The van der Waals surface area contributed by atoms with E-state index in [0.29, 0.717) is 39.6 Å². The second-order valence-electron chi connectivity index (χ2n) is 8.74. The number of nitrogens with zero attached hydrogens (tertiary/aromatic N) is 2. The van der Waals surface area contributed by atoms with E-state index < -0.39 is 0 Å². The van der Waals surface area contributed by atoms with Crippen molar-refractivity contribution in [3.05, 3.63) is 77.4 Å². The van der Waals surface area contributed by atoms with Crippen LogP contribution in [0.3, 0.4) is 0 Å². The molecule has 0 radical (unpaired) electrons. The minimum absolute atomic E-state index is 0.141. The monoisotopic (exact) mass is 591 g/mol. The van der Waals surface area contributed by atoms with Crippen LogP contribution in [0, 0.1) is 5.82 Å². The number of nitrogens with two attached hydrogens (primary N) is 1. The zero-order valence-corrected chi connectivity index (χ0v) is 24.0. The molecule has 2 heterocycles. The van der Waals surface area contributed by atoms with Gasteiger partial charge in [-0.05, 0) is 29.8 Å². The highest BCUT2D eigenvalue weighted by Crippen LogP contribution is 2.43. The Morgan fingerprint density at radius 1 is 0.951 bits per heavy atom. The minimum Gasteiger partial charge on any atom is -0.493 e. The number of benzene rings is 3. The van der Waals surface area contributed by atoms with Crippen molar-refractivity contribution in [1.29, 1.82) is 0 Å². The Kier molecular flexibility index (Phi) is 8.31. The molecule has 4 N–H and O–H groups in total. The number of anilines is 4. The molecule has 0 aliphatic rings. The van der Waals surface area contributed by atoms with Gasteiger partial charge in [0.2, 0.25) is 11.7 Å². The van der Waals surface area contributed by atoms with Gasteiger partial charge in [-0.2, -0.15) is 0 Å². The highest BCUT2D eigenvalue weighted by Gasteiger charge is 2.18. The third-order valence-corrected chi connectivity index (χ3v) is 7.97. The Balaban J connectivity index is 1.31. The number of carbonyl (C=O) groups excluding carboxylic acids is 1. The normalized spacial score (nSPS) is 10.7. The fraction of sp³-hybridized carbons (Fsp3) is 0.138. The summed E-state index contributed by atoms with van der Waals surface area (Å²) in [6.07, 6.45) is 0.141. The lowest BCUT2D eigenvalue weighted by Crippen LogP contribution is -2.14. The lowest BCUT2D eigenvalue weighted by atomic mass is 10.1. The van der Waals surface area contributed by atoms with Crippen molar-refractivity contribution in [2.45, 2.75) is 6.42 Å². The van der Waals surface area contributed by atoms with E-state index in [9.17, 15) is 9.18 Å². The Bertz CT molecular complexity index is 1660. The molecular formula is C29H26FN5O4S2. The van der Waals surface area contributed by atoms with Gasteiger partial charge in [-0.1, -0.05) is 35.6 Å². The molecule has 0 saturated carbocycles. The minimum atomic E-state index is -0.337. The number of nitrogens with one attached hydrogen (secondary N) is 2. The van der Waals surface area contributed by atoms with E-state index >= 15 is 0 Å². The maximum absolute atomic E-state index is 13.1. The topological polar surface area (TPSA) is 121 Å². The van der Waals surface area contributed by atoms with Crippen LogP contribution in [0.25, 0.3) is 21.1 Å². The number of hydrogen-bond acceptors (Lipinski definition) is 10. The number of aromatic nitrogens is 2. The van der Waals surface area contributed by atoms with Gasteiger partial charge in [0.15, 0.2) is 16.6 Å². The lowest BCUT2D eigenvalue weighted by Gasteiger charge is -2.14. The number of ether oxygens (including phenoxy) is 3. The first kappa shape index (κ1) is 27.9. The Hall–Kier alpha value is -4.68. The van der Waals surface area contributed by atoms with Crippen molar-refractivity contribution in [2.24, 2.45) is 0 Å². The average molecular weight is 592 g/mol. The summed E-state index contributed by atoms with van der Waals surface area (Å²) in [5, 5.41) is 9.37. The zero-order valence-electron chi connectivity index (χ0n) is 22.4. The SMILES string of the molecule is COc1cc(Nc2nc(N)c(-c3nc(-c4cccc(NC(=O)Cc5ccc(F)cc5)c4)cs3)s2)cc(OC)c1OC. The molecule has 0 spiro atoms. The molecule has 5 rings (SSSR count). The van der Waals surface area contributed by atoms with Gasteiger partial charge in [-0.15, -0.1) is 11.3 Å². The number of thiazole rings is 2. The number of methoxy groups -OCH3 is 3. The number of halogens is 1. The molecule has 0 atom stereocenters. The first-order chi connectivity index (χ1) is 19.9. The largest absolute Gasteiger partial charge is 0.493 e. The molecule has 210 valence electrons. The van der Waals surface area contributed by atoms with Crippen molar-refractivity contribution in [3.8, 4) is 38.4 Å². The standard InChI is InChI=1S/C29H26FN5O4S2/c1-37-22-13-20(14-23(38-2)25(22)39-3)33-29-35-27(31)26(41-29)28-34-21(15-40-28)17-5-4-6-19(12-17)32-24(36)11-16-7-9-18(30)10-8-16/h4-10,12-15H,11,31H2,1-3H3,(H,32,36)(H,33,35). The van der Waals surface area contributed by atoms with E-state index in [1.54, 1.807) is 45.6 Å². The molecule has 3 aromatic carbocycles. The van der Waals surface area contributed by atoms with Crippen LogP contribution < -0.4 is 30.6 Å². The molecule has 5 aromatic rings.